The Morgan fingerprint density at radius 3 is 3.00 bits per heavy atom. The van der Waals surface area contributed by atoms with E-state index in [-0.39, 0.29) is 5.91 Å². The summed E-state index contributed by atoms with van der Waals surface area (Å²) in [5.41, 5.74) is -0.460. The van der Waals surface area contributed by atoms with E-state index in [2.05, 4.69) is 10.6 Å². The quantitative estimate of drug-likeness (QED) is 0.474. The highest BCUT2D eigenvalue weighted by molar-refractivity contribution is 5.90. The minimum absolute atomic E-state index is 0.0741. The van der Waals surface area contributed by atoms with Crippen LogP contribution in [0.5, 0.6) is 0 Å². The van der Waals surface area contributed by atoms with Crippen LogP contribution in [0.3, 0.4) is 0 Å². The van der Waals surface area contributed by atoms with E-state index < -0.39 is 5.54 Å². The molecule has 0 aromatic carbocycles. The number of nitrogens with one attached hydrogen (secondary N) is 2. The first-order chi connectivity index (χ1) is 5.33. The van der Waals surface area contributed by atoms with Crippen LogP contribution in [0.4, 0.5) is 0 Å². The molecule has 0 saturated heterocycles. The van der Waals surface area contributed by atoms with E-state index in [4.69, 9.17) is 0 Å². The van der Waals surface area contributed by atoms with E-state index in [0.717, 1.165) is 6.42 Å². The van der Waals surface area contributed by atoms with E-state index in [9.17, 15) is 4.79 Å². The van der Waals surface area contributed by atoms with Crippen molar-refractivity contribution in [2.24, 2.45) is 0 Å². The maximum atomic E-state index is 11.4. The van der Waals surface area contributed by atoms with Gasteiger partial charge < -0.3 is 10.6 Å². The summed E-state index contributed by atoms with van der Waals surface area (Å²) in [7, 11) is 0. The Kier molecular flexibility index (Phi) is 1.24. The molecular weight excluding hydrogens is 140 g/mol. The van der Waals surface area contributed by atoms with Gasteiger partial charge in [0, 0.05) is 13.0 Å². The Morgan fingerprint density at radius 1 is 1.45 bits per heavy atom. The number of hydrogen-bond acceptors (Lipinski definition) is 2. The second kappa shape index (κ2) is 2.12. The minimum atomic E-state index is -0.460. The first-order valence-corrected chi connectivity index (χ1v) is 3.72. The van der Waals surface area contributed by atoms with Crippen LogP contribution in [0.15, 0.2) is 24.4 Å². The molecule has 3 nitrogen and oxygen atoms in total. The molecule has 2 N–H and O–H groups in total. The number of carbonyl (C=O) groups is 1. The number of hydrogen-bond donors (Lipinski definition) is 2. The zero-order valence-corrected chi connectivity index (χ0v) is 6.13. The summed E-state index contributed by atoms with van der Waals surface area (Å²) in [5.74, 6) is 0.0741. The molecule has 0 saturated carbocycles. The highest BCUT2D eigenvalue weighted by atomic mass is 16.2. The monoisotopic (exact) mass is 150 g/mol. The fraction of sp³-hybridized carbons (Fsp3) is 0.375. The van der Waals surface area contributed by atoms with Crippen LogP contribution in [-0.2, 0) is 4.79 Å². The van der Waals surface area contributed by atoms with E-state index in [1.165, 1.54) is 0 Å². The number of carbonyl (C=O) groups excluding carboxylic acids is 1. The lowest BCUT2D eigenvalue weighted by Crippen LogP contribution is -2.53. The maximum Gasteiger partial charge on any atom is 0.250 e. The van der Waals surface area contributed by atoms with Gasteiger partial charge in [-0.05, 0) is 6.20 Å². The van der Waals surface area contributed by atoms with Crippen molar-refractivity contribution in [3.8, 4) is 0 Å². The third-order valence-corrected chi connectivity index (χ3v) is 2.09. The fourth-order valence-corrected chi connectivity index (χ4v) is 1.43. The third-order valence-electron chi connectivity index (χ3n) is 2.09. The van der Waals surface area contributed by atoms with Gasteiger partial charge in [0.25, 0.3) is 0 Å². The van der Waals surface area contributed by atoms with E-state index in [1.54, 1.807) is 0 Å². The van der Waals surface area contributed by atoms with Crippen molar-refractivity contribution in [2.45, 2.75) is 12.0 Å². The van der Waals surface area contributed by atoms with Crippen molar-refractivity contribution >= 4 is 5.91 Å². The topological polar surface area (TPSA) is 41.1 Å². The Balaban J connectivity index is 2.28. The summed E-state index contributed by atoms with van der Waals surface area (Å²) in [6.07, 6.45) is 8.47. The van der Waals surface area contributed by atoms with Crippen molar-refractivity contribution < 1.29 is 4.79 Å². The molecule has 2 aliphatic rings. The largest absolute Gasteiger partial charge is 0.374 e. The SMILES string of the molecule is O=C1NCC=CC12CC=CN2. The summed E-state index contributed by atoms with van der Waals surface area (Å²) in [6.45, 7) is 0.655. The molecule has 2 aliphatic heterocycles. The molecule has 1 spiro atoms. The predicted molar refractivity (Wildman–Crippen MR) is 41.8 cm³/mol. The molecule has 1 atom stereocenters. The van der Waals surface area contributed by atoms with E-state index in [0.29, 0.717) is 6.54 Å². The zero-order valence-electron chi connectivity index (χ0n) is 6.13. The Bertz CT molecular complexity index is 234. The van der Waals surface area contributed by atoms with Crippen LogP contribution in [0, 0.1) is 0 Å². The highest BCUT2D eigenvalue weighted by Gasteiger charge is 2.37. The normalized spacial score (nSPS) is 34.0. The van der Waals surface area contributed by atoms with Gasteiger partial charge in [0.15, 0.2) is 0 Å². The van der Waals surface area contributed by atoms with Gasteiger partial charge in [0.1, 0.15) is 5.54 Å². The van der Waals surface area contributed by atoms with Gasteiger partial charge in [-0.3, -0.25) is 4.79 Å². The first kappa shape index (κ1) is 6.46. The number of amides is 1. The Hall–Kier alpha value is -1.25. The molecule has 0 aromatic rings. The molecule has 0 bridgehead atoms. The van der Waals surface area contributed by atoms with Crippen LogP contribution >= 0.6 is 0 Å². The molecular formula is C8H10N2O. The molecule has 11 heavy (non-hydrogen) atoms. The van der Waals surface area contributed by atoms with Crippen LogP contribution < -0.4 is 10.6 Å². The van der Waals surface area contributed by atoms with Crippen LogP contribution in [0.1, 0.15) is 6.42 Å². The summed E-state index contributed by atoms with van der Waals surface area (Å²) in [6, 6.07) is 0. The highest BCUT2D eigenvalue weighted by Crippen LogP contribution is 2.20. The van der Waals surface area contributed by atoms with Crippen molar-refractivity contribution in [2.75, 3.05) is 6.54 Å². The fourth-order valence-electron chi connectivity index (χ4n) is 1.43. The molecule has 1 unspecified atom stereocenters. The van der Waals surface area contributed by atoms with Crippen molar-refractivity contribution in [3.05, 3.63) is 24.4 Å². The van der Waals surface area contributed by atoms with Gasteiger partial charge in [0.05, 0.1) is 0 Å². The van der Waals surface area contributed by atoms with E-state index in [1.807, 2.05) is 24.4 Å². The van der Waals surface area contributed by atoms with Gasteiger partial charge in [-0.15, -0.1) is 0 Å². The maximum absolute atomic E-state index is 11.4. The lowest BCUT2D eigenvalue weighted by atomic mass is 9.94. The zero-order chi connectivity index (χ0) is 7.73. The second-order valence-electron chi connectivity index (χ2n) is 2.83. The molecule has 0 fully saturated rings. The second-order valence-corrected chi connectivity index (χ2v) is 2.83. The van der Waals surface area contributed by atoms with Crippen LogP contribution in [0.25, 0.3) is 0 Å². The standard InChI is InChI=1S/C8H10N2O/c11-7-8(3-1-5-9-7)4-2-6-10-8/h1-3,6,10H,4-5H2,(H,9,11). The number of rotatable bonds is 0. The smallest absolute Gasteiger partial charge is 0.250 e. The third kappa shape index (κ3) is 0.843. The summed E-state index contributed by atoms with van der Waals surface area (Å²) in [5, 5.41) is 5.83. The first-order valence-electron chi connectivity index (χ1n) is 3.72. The van der Waals surface area contributed by atoms with E-state index >= 15 is 0 Å². The Labute approximate surface area is 65.2 Å². The molecule has 2 rings (SSSR count). The van der Waals surface area contributed by atoms with Gasteiger partial charge in [-0.1, -0.05) is 18.2 Å². The van der Waals surface area contributed by atoms with Gasteiger partial charge in [-0.25, -0.2) is 0 Å². The minimum Gasteiger partial charge on any atom is -0.374 e. The summed E-state index contributed by atoms with van der Waals surface area (Å²) in [4.78, 5) is 11.4. The van der Waals surface area contributed by atoms with Crippen LogP contribution in [0.2, 0.25) is 0 Å². The predicted octanol–water partition coefficient (Wildman–Crippen LogP) is -0.0818. The average molecular weight is 150 g/mol. The van der Waals surface area contributed by atoms with Crippen molar-refractivity contribution in [1.29, 1.82) is 0 Å². The molecule has 0 radical (unpaired) electrons. The van der Waals surface area contributed by atoms with Crippen LogP contribution in [-0.4, -0.2) is 18.0 Å². The Morgan fingerprint density at radius 2 is 2.36 bits per heavy atom. The van der Waals surface area contributed by atoms with Gasteiger partial charge >= 0.3 is 0 Å². The average Bonchev–Trinajstić information content (AvgIpc) is 2.46. The lowest BCUT2D eigenvalue weighted by molar-refractivity contribution is -0.125. The molecule has 0 aliphatic carbocycles. The summed E-state index contributed by atoms with van der Waals surface area (Å²) < 4.78 is 0. The molecule has 3 heteroatoms. The lowest BCUT2D eigenvalue weighted by Gasteiger charge is -2.27. The van der Waals surface area contributed by atoms with Crippen molar-refractivity contribution in [3.63, 3.8) is 0 Å². The molecule has 58 valence electrons. The van der Waals surface area contributed by atoms with Crippen molar-refractivity contribution in [1.82, 2.24) is 10.6 Å². The summed E-state index contributed by atoms with van der Waals surface area (Å²) >= 11 is 0. The molecule has 1 amide bonds. The molecule has 0 aromatic heterocycles. The molecule has 2 heterocycles. The van der Waals surface area contributed by atoms with Gasteiger partial charge in [0.2, 0.25) is 5.91 Å². The van der Waals surface area contributed by atoms with Gasteiger partial charge in [-0.2, -0.15) is 0 Å².